The maximum absolute atomic E-state index is 11.0. The van der Waals surface area contributed by atoms with Crippen molar-refractivity contribution in [2.45, 2.75) is 19.4 Å². The maximum atomic E-state index is 11.0. The van der Waals surface area contributed by atoms with Crippen molar-refractivity contribution in [3.63, 3.8) is 0 Å². The Morgan fingerprint density at radius 1 is 1.17 bits per heavy atom. The molecule has 130 valence electrons. The van der Waals surface area contributed by atoms with Gasteiger partial charge in [-0.3, -0.25) is 10.0 Å². The fourth-order valence-corrected chi connectivity index (χ4v) is 2.18. The summed E-state index contributed by atoms with van der Waals surface area (Å²) in [6.45, 7) is 1.38. The summed E-state index contributed by atoms with van der Waals surface area (Å²) >= 11 is 5.83. The highest BCUT2D eigenvalue weighted by atomic mass is 35.5. The van der Waals surface area contributed by atoms with Crippen molar-refractivity contribution in [3.8, 4) is 11.5 Å². The normalized spacial score (nSPS) is 11.3. The Bertz CT molecular complexity index is 648. The molecule has 1 atom stereocenters. The van der Waals surface area contributed by atoms with Crippen LogP contribution >= 0.6 is 24.0 Å². The SMILES string of the molecule is CC(=O)N(O)C[C@@H](N)Cc1ccc(Oc2ccc(Cl)cc2)cc1.Cl. The van der Waals surface area contributed by atoms with E-state index in [-0.39, 0.29) is 25.0 Å². The van der Waals surface area contributed by atoms with E-state index in [1.807, 2.05) is 24.3 Å². The van der Waals surface area contributed by atoms with Crippen molar-refractivity contribution in [1.29, 1.82) is 0 Å². The van der Waals surface area contributed by atoms with Gasteiger partial charge in [0.2, 0.25) is 5.91 Å². The van der Waals surface area contributed by atoms with Crippen molar-refractivity contribution < 1.29 is 14.7 Å². The summed E-state index contributed by atoms with van der Waals surface area (Å²) in [6.07, 6.45) is 0.547. The smallest absolute Gasteiger partial charge is 0.242 e. The monoisotopic (exact) mass is 370 g/mol. The lowest BCUT2D eigenvalue weighted by molar-refractivity contribution is -0.163. The van der Waals surface area contributed by atoms with E-state index in [0.29, 0.717) is 28.0 Å². The van der Waals surface area contributed by atoms with Gasteiger partial charge in [-0.25, -0.2) is 5.06 Å². The average molecular weight is 371 g/mol. The van der Waals surface area contributed by atoms with Gasteiger partial charge >= 0.3 is 0 Å². The van der Waals surface area contributed by atoms with Gasteiger partial charge in [0.05, 0.1) is 6.54 Å². The first-order valence-corrected chi connectivity index (χ1v) is 7.57. The van der Waals surface area contributed by atoms with Crippen LogP contribution in [0, 0.1) is 0 Å². The zero-order valence-corrected chi connectivity index (χ0v) is 14.8. The molecule has 0 bridgehead atoms. The van der Waals surface area contributed by atoms with Crippen LogP contribution in [0.5, 0.6) is 11.5 Å². The van der Waals surface area contributed by atoms with E-state index in [1.54, 1.807) is 24.3 Å². The van der Waals surface area contributed by atoms with Crippen molar-refractivity contribution >= 4 is 29.9 Å². The van der Waals surface area contributed by atoms with E-state index >= 15 is 0 Å². The third-order valence-electron chi connectivity index (χ3n) is 3.24. The van der Waals surface area contributed by atoms with Gasteiger partial charge in [-0.15, -0.1) is 12.4 Å². The topological polar surface area (TPSA) is 75.8 Å². The van der Waals surface area contributed by atoms with Crippen LogP contribution < -0.4 is 10.5 Å². The molecule has 0 heterocycles. The molecule has 0 aliphatic rings. The minimum absolute atomic E-state index is 0. The fraction of sp³-hybridized carbons (Fsp3) is 0.235. The summed E-state index contributed by atoms with van der Waals surface area (Å²) in [6, 6.07) is 14.3. The van der Waals surface area contributed by atoms with Crippen LogP contribution in [-0.4, -0.2) is 28.8 Å². The van der Waals surface area contributed by atoms with E-state index in [0.717, 1.165) is 5.56 Å². The molecule has 0 aromatic heterocycles. The summed E-state index contributed by atoms with van der Waals surface area (Å²) in [5, 5.41) is 10.7. The predicted octanol–water partition coefficient (Wildman–Crippen LogP) is 3.66. The van der Waals surface area contributed by atoms with Gasteiger partial charge in [-0.1, -0.05) is 23.7 Å². The molecule has 0 aliphatic heterocycles. The largest absolute Gasteiger partial charge is 0.457 e. The number of hydroxylamine groups is 2. The van der Waals surface area contributed by atoms with Crippen LogP contribution in [0.4, 0.5) is 0 Å². The standard InChI is InChI=1S/C17H19ClN2O3.ClH/c1-12(21)20(22)11-15(19)10-13-2-6-16(7-3-13)23-17-8-4-14(18)5-9-17;/h2-9,15,22H,10-11,19H2,1H3;1H/t15-;/m0./s1. The van der Waals surface area contributed by atoms with Crippen molar-refractivity contribution in [1.82, 2.24) is 5.06 Å². The first kappa shape index (κ1) is 20.3. The molecular formula is C17H20Cl2N2O3. The number of ether oxygens (including phenoxy) is 1. The first-order valence-electron chi connectivity index (χ1n) is 7.19. The number of nitrogens with zero attached hydrogens (tertiary/aromatic N) is 1. The van der Waals surface area contributed by atoms with Crippen LogP contribution in [0.3, 0.4) is 0 Å². The summed E-state index contributed by atoms with van der Waals surface area (Å²) in [4.78, 5) is 11.0. The molecule has 5 nitrogen and oxygen atoms in total. The Morgan fingerprint density at radius 2 is 1.67 bits per heavy atom. The number of benzene rings is 2. The summed E-state index contributed by atoms with van der Waals surface area (Å²) < 4.78 is 5.71. The molecule has 0 aliphatic carbocycles. The van der Waals surface area contributed by atoms with E-state index < -0.39 is 5.91 Å². The van der Waals surface area contributed by atoms with Gasteiger partial charge in [0.1, 0.15) is 11.5 Å². The number of nitrogens with two attached hydrogens (primary N) is 1. The van der Waals surface area contributed by atoms with Gasteiger partial charge in [0.15, 0.2) is 0 Å². The van der Waals surface area contributed by atoms with Crippen LogP contribution in [0.2, 0.25) is 5.02 Å². The lowest BCUT2D eigenvalue weighted by atomic mass is 10.1. The van der Waals surface area contributed by atoms with Gasteiger partial charge in [0.25, 0.3) is 0 Å². The molecule has 2 rings (SSSR count). The molecular weight excluding hydrogens is 351 g/mol. The maximum Gasteiger partial charge on any atom is 0.242 e. The summed E-state index contributed by atoms with van der Waals surface area (Å²) in [5.74, 6) is 0.987. The highest BCUT2D eigenvalue weighted by Gasteiger charge is 2.11. The molecule has 0 fully saturated rings. The summed E-state index contributed by atoms with van der Waals surface area (Å²) in [5.41, 5.74) is 6.92. The fourth-order valence-electron chi connectivity index (χ4n) is 2.05. The number of carbonyl (C=O) groups excluding carboxylic acids is 1. The molecule has 24 heavy (non-hydrogen) atoms. The quantitative estimate of drug-likeness (QED) is 0.600. The Kier molecular flexibility index (Phi) is 8.01. The predicted molar refractivity (Wildman–Crippen MR) is 96.1 cm³/mol. The summed E-state index contributed by atoms with van der Waals surface area (Å²) in [7, 11) is 0. The van der Waals surface area contributed by atoms with E-state index in [9.17, 15) is 10.0 Å². The van der Waals surface area contributed by atoms with E-state index in [2.05, 4.69) is 0 Å². The van der Waals surface area contributed by atoms with Gasteiger partial charge in [0, 0.05) is 18.0 Å². The molecule has 0 spiro atoms. The molecule has 0 saturated heterocycles. The average Bonchev–Trinajstić information content (AvgIpc) is 2.51. The number of halogens is 2. The zero-order valence-electron chi connectivity index (χ0n) is 13.2. The third-order valence-corrected chi connectivity index (χ3v) is 3.49. The third kappa shape index (κ3) is 6.37. The minimum Gasteiger partial charge on any atom is -0.457 e. The number of amides is 1. The molecule has 1 amide bonds. The van der Waals surface area contributed by atoms with Crippen LogP contribution in [0.15, 0.2) is 48.5 Å². The lowest BCUT2D eigenvalue weighted by Gasteiger charge is -2.18. The first-order chi connectivity index (χ1) is 10.9. The Balaban J connectivity index is 0.00000288. The highest BCUT2D eigenvalue weighted by Crippen LogP contribution is 2.23. The molecule has 0 saturated carbocycles. The Labute approximate surface area is 152 Å². The van der Waals surface area contributed by atoms with Crippen molar-refractivity contribution in [3.05, 3.63) is 59.1 Å². The van der Waals surface area contributed by atoms with Crippen molar-refractivity contribution in [2.75, 3.05) is 6.54 Å². The van der Waals surface area contributed by atoms with E-state index in [4.69, 9.17) is 22.1 Å². The second-order valence-electron chi connectivity index (χ2n) is 5.27. The number of rotatable bonds is 6. The molecule has 3 N–H and O–H groups in total. The lowest BCUT2D eigenvalue weighted by Crippen LogP contribution is -2.39. The minimum atomic E-state index is -0.424. The van der Waals surface area contributed by atoms with Crippen molar-refractivity contribution in [2.24, 2.45) is 5.73 Å². The number of carbonyl (C=O) groups is 1. The number of hydrogen-bond acceptors (Lipinski definition) is 4. The Morgan fingerprint density at radius 3 is 2.17 bits per heavy atom. The van der Waals surface area contributed by atoms with Gasteiger partial charge in [-0.05, 0) is 48.4 Å². The molecule has 2 aromatic carbocycles. The van der Waals surface area contributed by atoms with Gasteiger partial charge < -0.3 is 10.5 Å². The second kappa shape index (κ2) is 9.49. The molecule has 7 heteroatoms. The van der Waals surface area contributed by atoms with E-state index in [1.165, 1.54) is 6.92 Å². The highest BCUT2D eigenvalue weighted by molar-refractivity contribution is 6.30. The van der Waals surface area contributed by atoms with Gasteiger partial charge in [-0.2, -0.15) is 0 Å². The molecule has 2 aromatic rings. The zero-order chi connectivity index (χ0) is 16.8. The second-order valence-corrected chi connectivity index (χ2v) is 5.70. The molecule has 0 unspecified atom stereocenters. The Hall–Kier alpha value is -1.79. The van der Waals surface area contributed by atoms with Crippen LogP contribution in [0.1, 0.15) is 12.5 Å². The van der Waals surface area contributed by atoms with Crippen LogP contribution in [0.25, 0.3) is 0 Å². The van der Waals surface area contributed by atoms with Crippen LogP contribution in [-0.2, 0) is 11.2 Å². The molecule has 0 radical (unpaired) electrons. The number of hydrogen-bond donors (Lipinski definition) is 2.